The van der Waals surface area contributed by atoms with Crippen molar-refractivity contribution in [3.63, 3.8) is 0 Å². The Morgan fingerprint density at radius 3 is 2.19 bits per heavy atom. The summed E-state index contributed by atoms with van der Waals surface area (Å²) in [4.78, 5) is 42.5. The normalized spacial score (nSPS) is 12.9. The Bertz CT molecular complexity index is 1400. The third kappa shape index (κ3) is 6.61. The minimum Gasteiger partial charge on any atom is -0.481 e. The van der Waals surface area contributed by atoms with Crippen molar-refractivity contribution >= 4 is 15.8 Å². The van der Waals surface area contributed by atoms with Crippen molar-refractivity contribution < 1.29 is 38.2 Å². The van der Waals surface area contributed by atoms with E-state index in [-0.39, 0.29) is 10.5 Å². The van der Waals surface area contributed by atoms with Crippen LogP contribution in [0.25, 0.3) is 16.9 Å². The van der Waals surface area contributed by atoms with Gasteiger partial charge in [-0.2, -0.15) is 0 Å². The molecule has 13 nitrogen and oxygen atoms in total. The smallest absolute Gasteiger partial charge is 0.311 e. The summed E-state index contributed by atoms with van der Waals surface area (Å²) in [5.41, 5.74) is 2.60. The van der Waals surface area contributed by atoms with Gasteiger partial charge in [-0.3, -0.25) is 4.79 Å². The Morgan fingerprint density at radius 2 is 1.68 bits per heavy atom. The van der Waals surface area contributed by atoms with Crippen LogP contribution in [0.4, 0.5) is 0 Å². The van der Waals surface area contributed by atoms with Crippen molar-refractivity contribution in [3.05, 3.63) is 92.1 Å². The summed E-state index contributed by atoms with van der Waals surface area (Å²) in [6.07, 6.45) is -0.935. The van der Waals surface area contributed by atoms with Gasteiger partial charge in [0.05, 0.1) is 16.5 Å². The highest BCUT2D eigenvalue weighted by molar-refractivity contribution is 7.90. The van der Waals surface area contributed by atoms with Crippen LogP contribution in [0.5, 0.6) is 0 Å². The van der Waals surface area contributed by atoms with Crippen LogP contribution in [-0.4, -0.2) is 53.2 Å². The Labute approximate surface area is 211 Å². The number of carbonyl (C=O) groups is 1. The molecule has 0 spiro atoms. The zero-order valence-corrected chi connectivity index (χ0v) is 20.5. The van der Waals surface area contributed by atoms with E-state index in [0.29, 0.717) is 22.6 Å². The lowest BCUT2D eigenvalue weighted by atomic mass is 9.93. The minimum atomic E-state index is -3.44. The van der Waals surface area contributed by atoms with Gasteiger partial charge in [-0.1, -0.05) is 30.3 Å². The zero-order chi connectivity index (χ0) is 27.3. The second-order valence-electron chi connectivity index (χ2n) is 8.13. The Kier molecular flexibility index (Phi) is 8.12. The number of benzene rings is 2. The molecule has 0 saturated heterocycles. The molecule has 0 aliphatic rings. The van der Waals surface area contributed by atoms with E-state index in [0.717, 1.165) is 6.26 Å². The van der Waals surface area contributed by atoms with Gasteiger partial charge in [-0.25, -0.2) is 8.42 Å². The van der Waals surface area contributed by atoms with Crippen molar-refractivity contribution in [1.29, 1.82) is 0 Å². The average molecular weight is 534 g/mol. The Morgan fingerprint density at radius 1 is 1.05 bits per heavy atom. The maximum atomic E-state index is 12.3. The van der Waals surface area contributed by atoms with Gasteiger partial charge >= 0.3 is 5.97 Å². The summed E-state index contributed by atoms with van der Waals surface area (Å²) in [6.45, 7) is 0.833. The van der Waals surface area contributed by atoms with E-state index in [2.05, 4.69) is 9.68 Å². The maximum absolute atomic E-state index is 12.3. The van der Waals surface area contributed by atoms with Crippen molar-refractivity contribution in [2.24, 2.45) is 0 Å². The molecule has 2 atom stereocenters. The lowest BCUT2D eigenvalue weighted by molar-refractivity contribution is -0.790. The molecular formula is C23H23N3O10S. The highest BCUT2D eigenvalue weighted by Gasteiger charge is 2.31. The number of aliphatic carboxylic acids is 1. The monoisotopic (exact) mass is 533 g/mol. The summed E-state index contributed by atoms with van der Waals surface area (Å²) in [7, 11) is -3.44. The topological polar surface area (TPSA) is 181 Å². The van der Waals surface area contributed by atoms with Gasteiger partial charge in [0.15, 0.2) is 9.84 Å². The van der Waals surface area contributed by atoms with Gasteiger partial charge in [-0.05, 0) is 54.8 Å². The van der Waals surface area contributed by atoms with Crippen molar-refractivity contribution in [2.45, 2.75) is 30.3 Å². The minimum absolute atomic E-state index is 0.111. The second-order valence-corrected chi connectivity index (χ2v) is 10.2. The fourth-order valence-electron chi connectivity index (χ4n) is 4.00. The Balaban J connectivity index is 2.13. The highest BCUT2D eigenvalue weighted by atomic mass is 32.2. The first-order valence-electron chi connectivity index (χ1n) is 10.8. The molecule has 0 bridgehead atoms. The number of sulfone groups is 1. The van der Waals surface area contributed by atoms with Crippen LogP contribution in [0.3, 0.4) is 0 Å². The van der Waals surface area contributed by atoms with Crippen LogP contribution in [0.2, 0.25) is 0 Å². The molecule has 0 amide bonds. The van der Waals surface area contributed by atoms with Gasteiger partial charge in [-0.15, -0.1) is 20.2 Å². The van der Waals surface area contributed by atoms with Gasteiger partial charge in [0.2, 0.25) is 0 Å². The van der Waals surface area contributed by atoms with Crippen LogP contribution in [0.1, 0.15) is 23.6 Å². The van der Waals surface area contributed by atoms with Crippen molar-refractivity contribution in [3.8, 4) is 16.9 Å². The number of para-hydroxylation sites is 1. The molecule has 3 aromatic rings. The van der Waals surface area contributed by atoms with E-state index < -0.39 is 51.0 Å². The zero-order valence-electron chi connectivity index (χ0n) is 19.7. The number of nitrogens with zero attached hydrogens (tertiary/aromatic N) is 3. The third-order valence-corrected chi connectivity index (χ3v) is 6.78. The number of rotatable bonds is 12. The first-order valence-corrected chi connectivity index (χ1v) is 12.7. The van der Waals surface area contributed by atoms with Gasteiger partial charge in [0.1, 0.15) is 12.7 Å². The molecule has 0 fully saturated rings. The van der Waals surface area contributed by atoms with Crippen LogP contribution in [-0.2, 0) is 24.3 Å². The average Bonchev–Trinajstić information content (AvgIpc) is 3.17. The van der Waals surface area contributed by atoms with Gasteiger partial charge < -0.3 is 19.3 Å². The standard InChI is InChI=1S/C23H23N3O10S/c1-15-20(21(23(27)28)12-18(36-26(31)32)14-35-25(29)30)13-22(24(15)17-6-4-3-5-7-17)16-8-10-19(11-9-16)37(2,33)34/h3-11,13,18,21H,12,14H2,1-2H3,(H,27,28)/t18-,21+/m0/s1. The quantitative estimate of drug-likeness (QED) is 0.268. The van der Waals surface area contributed by atoms with Crippen LogP contribution < -0.4 is 0 Å². The maximum Gasteiger partial charge on any atom is 0.311 e. The molecule has 37 heavy (non-hydrogen) atoms. The molecule has 2 aromatic carbocycles. The summed E-state index contributed by atoms with van der Waals surface area (Å²) < 4.78 is 25.5. The predicted octanol–water partition coefficient (Wildman–Crippen LogP) is 3.20. The fraction of sp³-hybridized carbons (Fsp3) is 0.261. The van der Waals surface area contributed by atoms with Crippen molar-refractivity contribution in [1.82, 2.24) is 4.57 Å². The molecule has 1 heterocycles. The number of hydrogen-bond donors (Lipinski definition) is 1. The summed E-state index contributed by atoms with van der Waals surface area (Å²) in [5, 5.41) is 29.2. The lowest BCUT2D eigenvalue weighted by Gasteiger charge is -2.19. The number of carboxylic acid groups (broad SMARTS) is 1. The largest absolute Gasteiger partial charge is 0.481 e. The van der Waals surface area contributed by atoms with E-state index in [1.807, 2.05) is 0 Å². The molecule has 0 radical (unpaired) electrons. The van der Waals surface area contributed by atoms with Gasteiger partial charge in [0.25, 0.3) is 10.2 Å². The SMILES string of the molecule is Cc1c([C@@H](C[C@@H](CO[N+](=O)[O-])O[N+](=O)[O-])C(=O)O)cc(-c2ccc(S(C)(=O)=O)cc2)n1-c1ccccc1. The summed E-state index contributed by atoms with van der Waals surface area (Å²) in [5.74, 6) is -2.68. The third-order valence-electron chi connectivity index (χ3n) is 5.65. The molecule has 0 unspecified atom stereocenters. The molecule has 0 saturated carbocycles. The van der Waals surface area contributed by atoms with E-state index in [1.165, 1.54) is 12.1 Å². The molecule has 14 heteroatoms. The highest BCUT2D eigenvalue weighted by Crippen LogP contribution is 2.35. The molecule has 3 rings (SSSR count). The van der Waals surface area contributed by atoms with E-state index in [4.69, 9.17) is 0 Å². The fourth-order valence-corrected chi connectivity index (χ4v) is 4.64. The van der Waals surface area contributed by atoms with Gasteiger partial charge in [0, 0.05) is 17.6 Å². The first-order chi connectivity index (χ1) is 17.4. The molecule has 0 aliphatic carbocycles. The number of hydrogen-bond acceptors (Lipinski definition) is 9. The lowest BCUT2D eigenvalue weighted by Crippen LogP contribution is -2.29. The van der Waals surface area contributed by atoms with E-state index in [9.17, 15) is 38.5 Å². The summed E-state index contributed by atoms with van der Waals surface area (Å²) in [6, 6.07) is 16.6. The molecular weight excluding hydrogens is 510 g/mol. The van der Waals surface area contributed by atoms with Crippen LogP contribution in [0, 0.1) is 27.2 Å². The van der Waals surface area contributed by atoms with E-state index in [1.54, 1.807) is 60.0 Å². The first kappa shape index (κ1) is 27.1. The molecule has 1 aromatic heterocycles. The number of carboxylic acids is 1. The molecule has 1 N–H and O–H groups in total. The second kappa shape index (κ2) is 11.1. The van der Waals surface area contributed by atoms with Crippen LogP contribution >= 0.6 is 0 Å². The molecule has 0 aliphatic heterocycles. The summed E-state index contributed by atoms with van der Waals surface area (Å²) >= 11 is 0. The van der Waals surface area contributed by atoms with Crippen LogP contribution in [0.15, 0.2) is 65.6 Å². The number of aromatic nitrogens is 1. The van der Waals surface area contributed by atoms with E-state index >= 15 is 0 Å². The Hall–Kier alpha value is -4.46. The molecule has 196 valence electrons. The predicted molar refractivity (Wildman–Crippen MR) is 129 cm³/mol. The van der Waals surface area contributed by atoms with Crippen molar-refractivity contribution in [2.75, 3.05) is 12.9 Å².